The fraction of sp³-hybridized carbons (Fsp3) is 0.571. The van der Waals surface area contributed by atoms with E-state index in [0.717, 1.165) is 19.3 Å². The molecule has 2 rings (SSSR count). The maximum Gasteiger partial charge on any atom is 0.240 e. The molecule has 2 atom stereocenters. The van der Waals surface area contributed by atoms with E-state index < -0.39 is 10.0 Å². The molecule has 3 N–H and O–H groups in total. The normalized spacial score (nSPS) is 22.4. The van der Waals surface area contributed by atoms with E-state index in [-0.39, 0.29) is 17.5 Å². The summed E-state index contributed by atoms with van der Waals surface area (Å²) in [5, 5.41) is 0.354. The van der Waals surface area contributed by atoms with Gasteiger partial charge in [0.2, 0.25) is 10.0 Å². The summed E-state index contributed by atoms with van der Waals surface area (Å²) >= 11 is 1.72. The molecule has 0 radical (unpaired) electrons. The number of nitrogens with one attached hydrogen (secondary N) is 1. The van der Waals surface area contributed by atoms with Crippen molar-refractivity contribution in [1.29, 1.82) is 0 Å². The molecular weight excluding hydrogens is 308 g/mol. The summed E-state index contributed by atoms with van der Waals surface area (Å²) in [5.41, 5.74) is 6.34. The topological polar surface area (TPSA) is 81.4 Å². The van der Waals surface area contributed by atoms with Crippen LogP contribution >= 0.6 is 11.8 Å². The number of hydrogen-bond donors (Lipinski definition) is 2. The Hall–Kier alpha value is -0.760. The van der Waals surface area contributed by atoms with E-state index >= 15 is 0 Å². The van der Waals surface area contributed by atoms with E-state index in [1.54, 1.807) is 37.1 Å². The molecule has 0 spiro atoms. The molecule has 2 unspecified atom stereocenters. The molecule has 118 valence electrons. The number of rotatable bonds is 6. The Morgan fingerprint density at radius 2 is 2.19 bits per heavy atom. The molecule has 1 aromatic carbocycles. The monoisotopic (exact) mass is 330 g/mol. The second-order valence-corrected chi connectivity index (χ2v) is 7.90. The first-order valence-electron chi connectivity index (χ1n) is 6.94. The van der Waals surface area contributed by atoms with Gasteiger partial charge in [-0.05, 0) is 37.3 Å². The summed E-state index contributed by atoms with van der Waals surface area (Å²) < 4.78 is 33.0. The van der Waals surface area contributed by atoms with Crippen LogP contribution in [0.25, 0.3) is 0 Å². The van der Waals surface area contributed by atoms with Crippen LogP contribution in [0.4, 0.5) is 0 Å². The number of methoxy groups -OCH3 is 1. The molecule has 0 aromatic heterocycles. The third-order valence-corrected chi connectivity index (χ3v) is 6.50. The lowest BCUT2D eigenvalue weighted by molar-refractivity contribution is 0.409. The predicted octanol–water partition coefficient (Wildman–Crippen LogP) is 1.72. The van der Waals surface area contributed by atoms with Gasteiger partial charge in [0.25, 0.3) is 0 Å². The second-order valence-electron chi connectivity index (χ2n) is 5.11. The molecule has 0 amide bonds. The van der Waals surface area contributed by atoms with Gasteiger partial charge in [-0.15, -0.1) is 0 Å². The highest BCUT2D eigenvalue weighted by Crippen LogP contribution is 2.30. The van der Waals surface area contributed by atoms with Crippen LogP contribution in [0.3, 0.4) is 0 Å². The van der Waals surface area contributed by atoms with Gasteiger partial charge in [-0.3, -0.25) is 0 Å². The van der Waals surface area contributed by atoms with Gasteiger partial charge in [-0.25, -0.2) is 13.1 Å². The van der Waals surface area contributed by atoms with Crippen molar-refractivity contribution in [3.8, 4) is 5.75 Å². The van der Waals surface area contributed by atoms with Crippen LogP contribution in [0.1, 0.15) is 24.8 Å². The molecule has 0 saturated heterocycles. The average Bonchev–Trinajstić information content (AvgIpc) is 2.92. The van der Waals surface area contributed by atoms with E-state index in [2.05, 4.69) is 4.72 Å². The zero-order chi connectivity index (χ0) is 15.5. The van der Waals surface area contributed by atoms with Gasteiger partial charge in [0, 0.05) is 23.4 Å². The zero-order valence-corrected chi connectivity index (χ0v) is 14.0. The van der Waals surface area contributed by atoms with Gasteiger partial charge >= 0.3 is 0 Å². The first-order valence-corrected chi connectivity index (χ1v) is 9.71. The zero-order valence-electron chi connectivity index (χ0n) is 12.3. The standard InChI is InChI=1S/C14H22N2O3S2/c1-19-13-7-6-11(8-10(13)9-15)21(17,18)16-12-4-3-5-14(12)20-2/h6-8,12,14,16H,3-5,9,15H2,1-2H3. The quantitative estimate of drug-likeness (QED) is 0.830. The first-order chi connectivity index (χ1) is 10.0. The molecule has 0 bridgehead atoms. The van der Waals surface area contributed by atoms with Crippen LogP contribution in [0, 0.1) is 0 Å². The summed E-state index contributed by atoms with van der Waals surface area (Å²) in [7, 11) is -1.97. The van der Waals surface area contributed by atoms with Gasteiger partial charge in [-0.2, -0.15) is 11.8 Å². The van der Waals surface area contributed by atoms with E-state index in [4.69, 9.17) is 10.5 Å². The number of nitrogens with two attached hydrogens (primary N) is 1. The number of benzene rings is 1. The summed E-state index contributed by atoms with van der Waals surface area (Å²) in [6.07, 6.45) is 5.04. The third-order valence-electron chi connectivity index (χ3n) is 3.84. The molecule has 1 aliphatic carbocycles. The van der Waals surface area contributed by atoms with Crippen molar-refractivity contribution in [3.63, 3.8) is 0 Å². The Morgan fingerprint density at radius 1 is 1.43 bits per heavy atom. The van der Waals surface area contributed by atoms with E-state index in [1.807, 2.05) is 6.26 Å². The minimum absolute atomic E-state index is 0.00780. The lowest BCUT2D eigenvalue weighted by atomic mass is 10.2. The molecule has 0 aliphatic heterocycles. The second kappa shape index (κ2) is 7.00. The molecule has 1 saturated carbocycles. The fourth-order valence-electron chi connectivity index (χ4n) is 2.69. The Balaban J connectivity index is 2.23. The summed E-state index contributed by atoms with van der Waals surface area (Å²) in [5.74, 6) is 0.610. The molecule has 0 heterocycles. The van der Waals surface area contributed by atoms with E-state index in [0.29, 0.717) is 16.6 Å². The van der Waals surface area contributed by atoms with Gasteiger partial charge in [0.15, 0.2) is 0 Å². The molecule has 1 aromatic rings. The van der Waals surface area contributed by atoms with Crippen LogP contribution in [-0.4, -0.2) is 33.1 Å². The summed E-state index contributed by atoms with van der Waals surface area (Å²) in [4.78, 5) is 0.246. The fourth-order valence-corrected chi connectivity index (χ4v) is 5.07. The van der Waals surface area contributed by atoms with Gasteiger partial charge in [0.1, 0.15) is 5.75 Å². The van der Waals surface area contributed by atoms with Crippen molar-refractivity contribution < 1.29 is 13.2 Å². The maximum absolute atomic E-state index is 12.5. The average molecular weight is 330 g/mol. The van der Waals surface area contributed by atoms with E-state index in [9.17, 15) is 8.42 Å². The minimum atomic E-state index is -3.52. The third kappa shape index (κ3) is 3.71. The SMILES string of the molecule is COc1ccc(S(=O)(=O)NC2CCCC2SC)cc1CN. The predicted molar refractivity (Wildman–Crippen MR) is 86.1 cm³/mol. The number of ether oxygens (including phenoxy) is 1. The lowest BCUT2D eigenvalue weighted by Gasteiger charge is -2.19. The maximum atomic E-state index is 12.5. The molecule has 1 aliphatic rings. The van der Waals surface area contributed by atoms with Crippen LogP contribution < -0.4 is 15.2 Å². The minimum Gasteiger partial charge on any atom is -0.496 e. The van der Waals surface area contributed by atoms with Crippen molar-refractivity contribution in [2.75, 3.05) is 13.4 Å². The first kappa shape index (κ1) is 16.6. The molecule has 7 heteroatoms. The number of sulfonamides is 1. The largest absolute Gasteiger partial charge is 0.496 e. The Bertz CT molecular complexity index is 590. The van der Waals surface area contributed by atoms with Gasteiger partial charge < -0.3 is 10.5 Å². The smallest absolute Gasteiger partial charge is 0.240 e. The van der Waals surface area contributed by atoms with E-state index in [1.165, 1.54) is 0 Å². The van der Waals surface area contributed by atoms with Crippen LogP contribution in [0.2, 0.25) is 0 Å². The van der Waals surface area contributed by atoms with Crippen molar-refractivity contribution in [2.45, 2.75) is 42.0 Å². The summed E-state index contributed by atoms with van der Waals surface area (Å²) in [6, 6.07) is 4.80. The Morgan fingerprint density at radius 3 is 2.81 bits per heavy atom. The van der Waals surface area contributed by atoms with Crippen LogP contribution in [0.5, 0.6) is 5.75 Å². The van der Waals surface area contributed by atoms with Crippen LogP contribution in [0.15, 0.2) is 23.1 Å². The Labute approximate surface area is 130 Å². The highest BCUT2D eigenvalue weighted by Gasteiger charge is 2.30. The molecule has 1 fully saturated rings. The molecular formula is C14H22N2O3S2. The summed E-state index contributed by atoms with van der Waals surface area (Å²) in [6.45, 7) is 0.239. The van der Waals surface area contributed by atoms with Gasteiger partial charge in [0.05, 0.1) is 12.0 Å². The van der Waals surface area contributed by atoms with Crippen molar-refractivity contribution in [2.24, 2.45) is 5.73 Å². The number of hydrogen-bond acceptors (Lipinski definition) is 5. The van der Waals surface area contributed by atoms with Crippen LogP contribution in [-0.2, 0) is 16.6 Å². The lowest BCUT2D eigenvalue weighted by Crippen LogP contribution is -2.38. The highest BCUT2D eigenvalue weighted by molar-refractivity contribution is 7.99. The Kier molecular flexibility index (Phi) is 5.54. The van der Waals surface area contributed by atoms with Crippen molar-refractivity contribution >= 4 is 21.8 Å². The highest BCUT2D eigenvalue weighted by atomic mass is 32.2. The molecule has 21 heavy (non-hydrogen) atoms. The van der Waals surface area contributed by atoms with Gasteiger partial charge in [-0.1, -0.05) is 6.42 Å². The van der Waals surface area contributed by atoms with Crippen molar-refractivity contribution in [3.05, 3.63) is 23.8 Å². The molecule has 5 nitrogen and oxygen atoms in total. The number of thioether (sulfide) groups is 1. The van der Waals surface area contributed by atoms with Crippen molar-refractivity contribution in [1.82, 2.24) is 4.72 Å².